The average Bonchev–Trinajstić information content (AvgIpc) is 3.56. The molecule has 15 heteroatoms. The summed E-state index contributed by atoms with van der Waals surface area (Å²) in [5.74, 6) is -7.82. The molecule has 11 nitrogen and oxygen atoms in total. The summed E-state index contributed by atoms with van der Waals surface area (Å²) >= 11 is 6.30. The highest BCUT2D eigenvalue weighted by atomic mass is 35.5. The number of aromatic nitrogens is 1. The number of anilines is 2. The van der Waals surface area contributed by atoms with Gasteiger partial charge in [-0.1, -0.05) is 71.3 Å². The molecule has 0 unspecified atom stereocenters. The molecule has 2 saturated heterocycles. The number of rotatable bonds is 7. The molecule has 4 aromatic rings. The van der Waals surface area contributed by atoms with Crippen LogP contribution in [0.5, 0.6) is 11.5 Å². The first-order valence-corrected chi connectivity index (χ1v) is 18.3. The van der Waals surface area contributed by atoms with Crippen molar-refractivity contribution in [2.24, 2.45) is 23.7 Å². The lowest BCUT2D eigenvalue weighted by Crippen LogP contribution is -2.53. The van der Waals surface area contributed by atoms with Gasteiger partial charge >= 0.3 is 6.18 Å². The number of pyridine rings is 1. The van der Waals surface area contributed by atoms with Crippen LogP contribution in [0.3, 0.4) is 0 Å². The summed E-state index contributed by atoms with van der Waals surface area (Å²) in [6, 6.07) is 22.3. The van der Waals surface area contributed by atoms with Crippen molar-refractivity contribution >= 4 is 46.7 Å². The van der Waals surface area contributed by atoms with E-state index in [1.807, 2.05) is 19.1 Å². The summed E-state index contributed by atoms with van der Waals surface area (Å²) < 4.78 is 46.6. The molecule has 3 heterocycles. The highest BCUT2D eigenvalue weighted by Gasteiger charge is 2.71. The summed E-state index contributed by atoms with van der Waals surface area (Å²) in [7, 11) is 2.69. The lowest BCUT2D eigenvalue weighted by atomic mass is 9.49. The van der Waals surface area contributed by atoms with E-state index in [-0.39, 0.29) is 29.2 Å². The number of nitrogens with one attached hydrogen (secondary N) is 1. The van der Waals surface area contributed by atoms with Gasteiger partial charge in [-0.15, -0.1) is 0 Å². The van der Waals surface area contributed by atoms with E-state index in [4.69, 9.17) is 16.3 Å². The fraction of sp³-hybridized carbons (Fsp3) is 0.293. The van der Waals surface area contributed by atoms with Crippen LogP contribution in [0.25, 0.3) is 0 Å². The Labute approximate surface area is 324 Å². The van der Waals surface area contributed by atoms with Crippen LogP contribution in [0.2, 0.25) is 5.02 Å². The Hall–Kier alpha value is -5.89. The number of aryl methyl sites for hydroxylation is 1. The number of hydrazine groups is 2. The van der Waals surface area contributed by atoms with Gasteiger partial charge in [0, 0.05) is 18.5 Å². The van der Waals surface area contributed by atoms with E-state index in [9.17, 15) is 32.7 Å². The van der Waals surface area contributed by atoms with E-state index in [1.54, 1.807) is 60.7 Å². The van der Waals surface area contributed by atoms with Crippen LogP contribution >= 0.6 is 11.6 Å². The second-order valence-electron chi connectivity index (χ2n) is 14.5. The minimum atomic E-state index is -4.83. The molecular formula is C41H35ClF3N5O6. The highest BCUT2D eigenvalue weighted by molar-refractivity contribution is 6.33. The van der Waals surface area contributed by atoms with Crippen molar-refractivity contribution in [2.75, 3.05) is 24.6 Å². The van der Waals surface area contributed by atoms with E-state index in [0.29, 0.717) is 28.6 Å². The van der Waals surface area contributed by atoms with Crippen molar-refractivity contribution < 1.29 is 42.2 Å². The number of phenols is 1. The number of aromatic hydroxyl groups is 1. The smallest absolute Gasteiger partial charge is 0.433 e. The largest absolute Gasteiger partial charge is 0.508 e. The minimum absolute atomic E-state index is 0.0272. The number of carbonyl (C=O) groups excluding carboxylic acids is 4. The zero-order valence-electron chi connectivity index (χ0n) is 30.3. The molecule has 1 saturated carbocycles. The molecule has 4 amide bonds. The van der Waals surface area contributed by atoms with Crippen LogP contribution in [-0.2, 0) is 30.8 Å². The predicted molar refractivity (Wildman–Crippen MR) is 198 cm³/mol. The number of allylic oxidation sites excluding steroid dienone is 2. The first-order chi connectivity index (χ1) is 26.7. The van der Waals surface area contributed by atoms with Crippen LogP contribution in [-0.4, -0.2) is 57.9 Å². The van der Waals surface area contributed by atoms with Crippen molar-refractivity contribution in [1.29, 1.82) is 0 Å². The molecule has 0 spiro atoms. The van der Waals surface area contributed by atoms with Crippen molar-refractivity contribution in [1.82, 2.24) is 15.0 Å². The lowest BCUT2D eigenvalue weighted by Gasteiger charge is -2.50. The normalized spacial score (nSPS) is 25.8. The number of imide groups is 2. The molecular weight excluding hydrogens is 751 g/mol. The molecule has 4 aliphatic rings. The number of phenolic OH excluding ortho intramolecular Hbond substituents is 1. The number of hydrogen-bond donors (Lipinski definition) is 2. The molecule has 1 aromatic heterocycles. The molecule has 2 aliphatic carbocycles. The number of nitrogens with zero attached hydrogens (tertiary/aromatic N) is 4. The Morgan fingerprint density at radius 1 is 0.946 bits per heavy atom. The monoisotopic (exact) mass is 785 g/mol. The van der Waals surface area contributed by atoms with E-state index < -0.39 is 76.3 Å². The quantitative estimate of drug-likeness (QED) is 0.153. The van der Waals surface area contributed by atoms with Crippen LogP contribution in [0, 0.1) is 30.6 Å². The van der Waals surface area contributed by atoms with Gasteiger partial charge in [0.25, 0.3) is 23.6 Å². The van der Waals surface area contributed by atoms with Gasteiger partial charge in [0.1, 0.15) is 17.2 Å². The maximum atomic E-state index is 15.3. The number of amides is 4. The fourth-order valence-electron chi connectivity index (χ4n) is 9.17. The summed E-state index contributed by atoms with van der Waals surface area (Å²) in [6.45, 7) is 1.90. The second-order valence-corrected chi connectivity index (χ2v) is 14.9. The zero-order valence-corrected chi connectivity index (χ0v) is 31.0. The molecule has 3 fully saturated rings. The Balaban J connectivity index is 1.29. The number of methoxy groups -OCH3 is 1. The lowest BCUT2D eigenvalue weighted by molar-refractivity contribution is -0.142. The molecule has 6 atom stereocenters. The van der Waals surface area contributed by atoms with Crippen LogP contribution in [0.1, 0.15) is 41.1 Å². The fourth-order valence-corrected chi connectivity index (χ4v) is 9.40. The number of carbonyl (C=O) groups is 4. The van der Waals surface area contributed by atoms with Gasteiger partial charge < -0.3 is 9.84 Å². The van der Waals surface area contributed by atoms with Crippen molar-refractivity contribution in [3.63, 3.8) is 0 Å². The van der Waals surface area contributed by atoms with E-state index in [2.05, 4.69) is 10.4 Å². The molecule has 0 radical (unpaired) electrons. The summed E-state index contributed by atoms with van der Waals surface area (Å²) in [5.41, 5.74) is 2.90. The number of hydrogen-bond acceptors (Lipinski definition) is 9. The first-order valence-electron chi connectivity index (χ1n) is 17.9. The Bertz CT molecular complexity index is 2320. The molecule has 0 bridgehead atoms. The van der Waals surface area contributed by atoms with Gasteiger partial charge in [0.15, 0.2) is 5.82 Å². The third-order valence-corrected chi connectivity index (χ3v) is 11.9. The van der Waals surface area contributed by atoms with Crippen LogP contribution < -0.4 is 15.2 Å². The van der Waals surface area contributed by atoms with E-state index >= 15 is 4.79 Å². The maximum absolute atomic E-state index is 15.3. The number of fused-ring (bicyclic) bond motifs is 4. The zero-order chi connectivity index (χ0) is 39.8. The molecule has 2 N–H and O–H groups in total. The number of alkyl halides is 3. The Morgan fingerprint density at radius 2 is 1.66 bits per heavy atom. The average molecular weight is 786 g/mol. The first kappa shape index (κ1) is 37.1. The van der Waals surface area contributed by atoms with Crippen molar-refractivity contribution in [2.45, 2.75) is 37.3 Å². The minimum Gasteiger partial charge on any atom is -0.508 e. The third-order valence-electron chi connectivity index (χ3n) is 11.6. The van der Waals surface area contributed by atoms with Crippen molar-refractivity contribution in [3.8, 4) is 11.5 Å². The third kappa shape index (κ3) is 5.52. The molecule has 288 valence electrons. The van der Waals surface area contributed by atoms with Crippen LogP contribution in [0.4, 0.5) is 24.7 Å². The highest BCUT2D eigenvalue weighted by Crippen LogP contribution is 2.65. The summed E-state index contributed by atoms with van der Waals surface area (Å²) in [5, 5.41) is 14.1. The number of ether oxygens (including phenoxy) is 1. The molecule has 3 aromatic carbocycles. The van der Waals surface area contributed by atoms with E-state index in [1.165, 1.54) is 20.2 Å². The van der Waals surface area contributed by atoms with Gasteiger partial charge in [0.2, 0.25) is 0 Å². The predicted octanol–water partition coefficient (Wildman–Crippen LogP) is 6.81. The summed E-state index contributed by atoms with van der Waals surface area (Å²) in [6.07, 6.45) is -3.04. The van der Waals surface area contributed by atoms with Gasteiger partial charge in [-0.3, -0.25) is 29.6 Å². The SMILES string of the molecule is COc1ccc(O)c([C@H]2C3=CC[C@@H]4C(=O)N(N(C)c5nc(C(F)(F)F)ccc5Cl)C(=O)[C@@H]4[C@@H]3C[C@H]3C(=O)N(Nc4ccc(C)cc4)C(=O)[C@@]23c2ccccc2)c1. The Kier molecular flexibility index (Phi) is 8.87. The van der Waals surface area contributed by atoms with Crippen molar-refractivity contribution in [3.05, 3.63) is 124 Å². The van der Waals surface area contributed by atoms with E-state index in [0.717, 1.165) is 26.7 Å². The standard InChI is InChI=1S/C41H35ClF3N5O6/c1-21-9-11-23(12-10-21)47-49-37(53)29-20-27-25(34(28-19-24(56-3)13-17-31(28)51)40(29,39(49)55)22-7-5-4-6-8-22)14-15-26-33(27)38(54)50(36(26)52)48(2)35-30(42)16-18-32(46-35)41(43,44)45/h4-14,16-19,26-27,29,33-34,47,51H,15,20H2,1-3H3/t26-,27+,29-,33-,34+,40+/m0/s1. The molecule has 56 heavy (non-hydrogen) atoms. The summed E-state index contributed by atoms with van der Waals surface area (Å²) in [4.78, 5) is 62.6. The van der Waals surface area contributed by atoms with Gasteiger partial charge in [-0.25, -0.2) is 4.98 Å². The second kappa shape index (κ2) is 13.4. The molecule has 2 aliphatic heterocycles. The van der Waals surface area contributed by atoms with Gasteiger partial charge in [0.05, 0.1) is 41.0 Å². The van der Waals surface area contributed by atoms with Gasteiger partial charge in [-0.2, -0.15) is 23.2 Å². The van der Waals surface area contributed by atoms with Gasteiger partial charge in [-0.05, 0) is 73.7 Å². The number of benzene rings is 3. The maximum Gasteiger partial charge on any atom is 0.433 e. The number of halogens is 4. The van der Waals surface area contributed by atoms with Crippen LogP contribution in [0.15, 0.2) is 96.6 Å². The topological polar surface area (TPSA) is 132 Å². The molecule has 8 rings (SSSR count). The Morgan fingerprint density at radius 3 is 2.34 bits per heavy atom.